The van der Waals surface area contributed by atoms with Gasteiger partial charge in [-0.25, -0.2) is 4.98 Å². The molecule has 0 bridgehead atoms. The highest BCUT2D eigenvalue weighted by molar-refractivity contribution is 6.63. The van der Waals surface area contributed by atoms with Gasteiger partial charge >= 0.3 is 12.4 Å². The van der Waals surface area contributed by atoms with Crippen molar-refractivity contribution in [2.45, 2.75) is 24.4 Å². The number of halogens is 7. The minimum atomic E-state index is -6.06. The molecule has 0 radical (unpaired) electrons. The quantitative estimate of drug-likeness (QED) is 0.237. The van der Waals surface area contributed by atoms with Crippen molar-refractivity contribution < 1.29 is 41.0 Å². The SMILES string of the molecule is O=C(Cl)COc1ccc2nc(Cc3ccccc3)n(-c3ccc(C(O)(C(F)(F)F)C(F)(F)F)cc3)c(=O)c2c1. The Morgan fingerprint density at radius 2 is 1.54 bits per heavy atom. The molecular weight excluding hydrogens is 554 g/mol. The van der Waals surface area contributed by atoms with Crippen molar-refractivity contribution in [3.05, 3.63) is 100 Å². The molecule has 0 saturated carbocycles. The van der Waals surface area contributed by atoms with Gasteiger partial charge in [0.25, 0.3) is 16.4 Å². The van der Waals surface area contributed by atoms with Gasteiger partial charge in [-0.2, -0.15) is 26.3 Å². The van der Waals surface area contributed by atoms with Crippen molar-refractivity contribution in [2.24, 2.45) is 0 Å². The van der Waals surface area contributed by atoms with Crippen molar-refractivity contribution in [1.82, 2.24) is 9.55 Å². The number of aliphatic hydroxyl groups is 1. The maximum absolute atomic E-state index is 13.6. The van der Waals surface area contributed by atoms with Crippen LogP contribution in [0.4, 0.5) is 26.3 Å². The summed E-state index contributed by atoms with van der Waals surface area (Å²) in [4.78, 5) is 29.1. The second-order valence-corrected chi connectivity index (χ2v) is 8.83. The first kappa shape index (κ1) is 28.1. The van der Waals surface area contributed by atoms with Gasteiger partial charge in [0.1, 0.15) is 11.6 Å². The van der Waals surface area contributed by atoms with E-state index in [1.807, 2.05) is 0 Å². The fourth-order valence-electron chi connectivity index (χ4n) is 3.94. The van der Waals surface area contributed by atoms with E-state index in [1.54, 1.807) is 30.3 Å². The first-order chi connectivity index (χ1) is 18.2. The van der Waals surface area contributed by atoms with Crippen molar-refractivity contribution in [2.75, 3.05) is 6.61 Å². The van der Waals surface area contributed by atoms with Gasteiger partial charge in [-0.05, 0) is 47.5 Å². The highest BCUT2D eigenvalue weighted by Gasteiger charge is 2.71. The zero-order valence-electron chi connectivity index (χ0n) is 19.6. The highest BCUT2D eigenvalue weighted by atomic mass is 35.5. The van der Waals surface area contributed by atoms with Gasteiger partial charge < -0.3 is 9.84 Å². The van der Waals surface area contributed by atoms with Crippen LogP contribution in [-0.4, -0.2) is 38.9 Å². The zero-order chi connectivity index (χ0) is 28.6. The maximum Gasteiger partial charge on any atom is 0.430 e. The lowest BCUT2D eigenvalue weighted by Crippen LogP contribution is -2.53. The van der Waals surface area contributed by atoms with Crippen molar-refractivity contribution in [3.8, 4) is 11.4 Å². The predicted molar refractivity (Wildman–Crippen MR) is 129 cm³/mol. The molecule has 0 atom stereocenters. The molecule has 0 saturated heterocycles. The van der Waals surface area contributed by atoms with Crippen LogP contribution in [0.2, 0.25) is 0 Å². The fraction of sp³-hybridized carbons (Fsp3) is 0.192. The molecule has 1 aromatic heterocycles. The number of rotatable bonds is 7. The molecule has 0 aliphatic carbocycles. The lowest BCUT2D eigenvalue weighted by Gasteiger charge is -2.32. The summed E-state index contributed by atoms with van der Waals surface area (Å²) in [7, 11) is 0. The Morgan fingerprint density at radius 3 is 2.10 bits per heavy atom. The number of ether oxygens (including phenoxy) is 1. The third-order valence-electron chi connectivity index (χ3n) is 5.83. The third-order valence-corrected chi connectivity index (χ3v) is 5.94. The summed E-state index contributed by atoms with van der Waals surface area (Å²) in [5, 5.41) is 8.91. The predicted octanol–water partition coefficient (Wildman–Crippen LogP) is 5.43. The Balaban J connectivity index is 1.89. The lowest BCUT2D eigenvalue weighted by molar-refractivity contribution is -0.376. The number of hydrogen-bond donors (Lipinski definition) is 1. The molecule has 39 heavy (non-hydrogen) atoms. The van der Waals surface area contributed by atoms with E-state index < -0.39 is 40.9 Å². The zero-order valence-corrected chi connectivity index (χ0v) is 20.3. The lowest BCUT2D eigenvalue weighted by atomic mass is 9.92. The highest BCUT2D eigenvalue weighted by Crippen LogP contribution is 2.50. The summed E-state index contributed by atoms with van der Waals surface area (Å²) in [6.07, 6.45) is -12.0. The van der Waals surface area contributed by atoms with E-state index >= 15 is 0 Å². The smallest absolute Gasteiger partial charge is 0.430 e. The minimum Gasteiger partial charge on any atom is -0.484 e. The standard InChI is InChI=1S/C26H17ClF6N2O4/c27-21(36)14-39-18-10-11-20-19(13-18)23(37)35(22(34-20)12-15-4-2-1-3-5-15)17-8-6-16(7-9-17)24(38,25(28,29)30)26(31,32)33/h1-11,13,38H,12,14H2. The fourth-order valence-corrected chi connectivity index (χ4v) is 4.00. The van der Waals surface area contributed by atoms with Gasteiger partial charge in [-0.15, -0.1) is 0 Å². The molecule has 204 valence electrons. The monoisotopic (exact) mass is 570 g/mol. The van der Waals surface area contributed by atoms with Gasteiger partial charge in [0.05, 0.1) is 16.6 Å². The van der Waals surface area contributed by atoms with Crippen molar-refractivity contribution in [3.63, 3.8) is 0 Å². The van der Waals surface area contributed by atoms with Gasteiger partial charge in [0, 0.05) is 12.0 Å². The minimum absolute atomic E-state index is 0.00232. The van der Waals surface area contributed by atoms with Crippen molar-refractivity contribution in [1.29, 1.82) is 0 Å². The molecule has 3 aromatic carbocycles. The van der Waals surface area contributed by atoms with E-state index in [2.05, 4.69) is 4.98 Å². The number of carbonyl (C=O) groups excluding carboxylic acids is 1. The van der Waals surface area contributed by atoms with Gasteiger partial charge in [-0.3, -0.25) is 14.2 Å². The average Bonchev–Trinajstić information content (AvgIpc) is 2.87. The van der Waals surface area contributed by atoms with E-state index in [0.29, 0.717) is 12.1 Å². The Morgan fingerprint density at radius 1 is 0.923 bits per heavy atom. The second-order valence-electron chi connectivity index (χ2n) is 8.41. The summed E-state index contributed by atoms with van der Waals surface area (Å²) < 4.78 is 86.2. The van der Waals surface area contributed by atoms with Gasteiger partial charge in [0.15, 0.2) is 6.61 Å². The first-order valence-electron chi connectivity index (χ1n) is 11.1. The second kappa shape index (κ2) is 10.3. The molecule has 0 spiro atoms. The number of alkyl halides is 6. The van der Waals surface area contributed by atoms with Crippen LogP contribution >= 0.6 is 11.6 Å². The van der Waals surface area contributed by atoms with E-state index in [9.17, 15) is 41.0 Å². The van der Waals surface area contributed by atoms with E-state index in [4.69, 9.17) is 16.3 Å². The summed E-state index contributed by atoms with van der Waals surface area (Å²) in [5.74, 6) is 0.242. The first-order valence-corrected chi connectivity index (χ1v) is 11.5. The molecule has 4 aromatic rings. The normalized spacial score (nSPS) is 12.5. The van der Waals surface area contributed by atoms with Crippen LogP contribution in [-0.2, 0) is 16.8 Å². The molecule has 1 N–H and O–H groups in total. The van der Waals surface area contributed by atoms with E-state index in [-0.39, 0.29) is 34.6 Å². The maximum atomic E-state index is 13.6. The van der Waals surface area contributed by atoms with Crippen molar-refractivity contribution >= 4 is 27.7 Å². The number of carbonyl (C=O) groups is 1. The van der Waals surface area contributed by atoms with E-state index in [0.717, 1.165) is 22.3 Å². The molecule has 0 aliphatic heterocycles. The Bertz CT molecular complexity index is 1550. The molecule has 0 fully saturated rings. The summed E-state index contributed by atoms with van der Waals surface area (Å²) >= 11 is 5.28. The summed E-state index contributed by atoms with van der Waals surface area (Å²) in [6, 6.07) is 15.5. The number of aromatic nitrogens is 2. The Hall–Kier alpha value is -3.90. The van der Waals surface area contributed by atoms with Crippen LogP contribution in [0.5, 0.6) is 5.75 Å². The number of fused-ring (bicyclic) bond motifs is 1. The molecule has 0 aliphatic rings. The van der Waals surface area contributed by atoms with Gasteiger partial charge in [-0.1, -0.05) is 42.5 Å². The Labute approximate surface area is 221 Å². The van der Waals surface area contributed by atoms with Gasteiger partial charge in [0.2, 0.25) is 0 Å². The summed E-state index contributed by atoms with van der Waals surface area (Å²) in [6.45, 7) is -0.483. The molecule has 4 rings (SSSR count). The van der Waals surface area contributed by atoms with Crippen LogP contribution in [0, 0.1) is 0 Å². The van der Waals surface area contributed by atoms with Crippen LogP contribution in [0.15, 0.2) is 77.6 Å². The molecular formula is C26H17ClF6N2O4. The topological polar surface area (TPSA) is 81.4 Å². The number of hydrogen-bond acceptors (Lipinski definition) is 5. The average molecular weight is 571 g/mol. The van der Waals surface area contributed by atoms with Crippen LogP contribution in [0.25, 0.3) is 16.6 Å². The Kier molecular flexibility index (Phi) is 7.46. The third kappa shape index (κ3) is 5.48. The molecule has 13 heteroatoms. The number of nitrogens with zero attached hydrogens (tertiary/aromatic N) is 2. The molecule has 6 nitrogen and oxygen atoms in total. The summed E-state index contributed by atoms with van der Waals surface area (Å²) in [5.41, 5.74) is -6.45. The van der Waals surface area contributed by atoms with Crippen LogP contribution in [0.1, 0.15) is 17.0 Å². The molecule has 1 heterocycles. The largest absolute Gasteiger partial charge is 0.484 e. The molecule has 0 unspecified atom stereocenters. The number of benzene rings is 3. The van der Waals surface area contributed by atoms with Crippen LogP contribution < -0.4 is 10.3 Å². The molecule has 0 amide bonds. The van der Waals surface area contributed by atoms with Crippen LogP contribution in [0.3, 0.4) is 0 Å². The van der Waals surface area contributed by atoms with E-state index in [1.165, 1.54) is 18.2 Å².